The molecule has 0 aromatic rings. The van der Waals surface area contributed by atoms with Crippen LogP contribution in [-0.4, -0.2) is 25.1 Å². The first-order chi connectivity index (χ1) is 7.09. The lowest BCUT2D eigenvalue weighted by atomic mass is 10.1. The summed E-state index contributed by atoms with van der Waals surface area (Å²) >= 11 is 6.19. The summed E-state index contributed by atoms with van der Waals surface area (Å²) < 4.78 is 26.3. The highest BCUT2D eigenvalue weighted by Gasteiger charge is 2.38. The van der Waals surface area contributed by atoms with Crippen LogP contribution in [-0.2, 0) is 10.0 Å². The zero-order chi connectivity index (χ0) is 10.9. The van der Waals surface area contributed by atoms with Gasteiger partial charge in [-0.25, -0.2) is 13.1 Å². The van der Waals surface area contributed by atoms with Crippen molar-refractivity contribution in [3.8, 4) is 0 Å². The Balaban J connectivity index is 1.96. The molecule has 0 amide bonds. The number of sulfonamides is 1. The van der Waals surface area contributed by atoms with Crippen LogP contribution in [0.25, 0.3) is 0 Å². The third-order valence-corrected chi connectivity index (χ3v) is 5.71. The Morgan fingerprint density at radius 1 is 1.00 bits per heavy atom. The molecule has 0 aromatic carbocycles. The molecule has 2 fully saturated rings. The van der Waals surface area contributed by atoms with Crippen LogP contribution < -0.4 is 4.72 Å². The molecule has 2 atom stereocenters. The predicted molar refractivity (Wildman–Crippen MR) is 61.6 cm³/mol. The van der Waals surface area contributed by atoms with E-state index >= 15 is 0 Å². The molecule has 0 radical (unpaired) electrons. The molecule has 0 aromatic heterocycles. The molecule has 3 nitrogen and oxygen atoms in total. The minimum Gasteiger partial charge on any atom is -0.212 e. The van der Waals surface area contributed by atoms with Gasteiger partial charge in [-0.2, -0.15) is 0 Å². The largest absolute Gasteiger partial charge is 0.214 e. The number of rotatable bonds is 3. The molecule has 0 bridgehead atoms. The van der Waals surface area contributed by atoms with Crippen LogP contribution >= 0.6 is 11.6 Å². The second-order valence-corrected chi connectivity index (χ2v) is 7.18. The zero-order valence-electron chi connectivity index (χ0n) is 8.78. The van der Waals surface area contributed by atoms with Gasteiger partial charge in [-0.05, 0) is 25.7 Å². The van der Waals surface area contributed by atoms with E-state index in [2.05, 4.69) is 4.72 Å². The third kappa shape index (κ3) is 3.08. The molecule has 1 N–H and O–H groups in total. The van der Waals surface area contributed by atoms with E-state index in [1.54, 1.807) is 0 Å². The van der Waals surface area contributed by atoms with E-state index in [1.165, 1.54) is 6.42 Å². The van der Waals surface area contributed by atoms with Crippen LogP contribution in [0.5, 0.6) is 0 Å². The SMILES string of the molecule is O=S(=O)(NC1CCCCCC1Cl)C1CC1. The van der Waals surface area contributed by atoms with Crippen molar-refractivity contribution in [3.63, 3.8) is 0 Å². The van der Waals surface area contributed by atoms with Crippen LogP contribution in [0.1, 0.15) is 44.9 Å². The van der Waals surface area contributed by atoms with Crippen molar-refractivity contribution in [3.05, 3.63) is 0 Å². The number of hydrogen-bond acceptors (Lipinski definition) is 2. The van der Waals surface area contributed by atoms with Crippen molar-refractivity contribution in [1.29, 1.82) is 0 Å². The maximum atomic E-state index is 11.7. The van der Waals surface area contributed by atoms with Gasteiger partial charge in [-0.1, -0.05) is 19.3 Å². The maximum Gasteiger partial charge on any atom is 0.214 e. The second-order valence-electron chi connectivity index (χ2n) is 4.62. The summed E-state index contributed by atoms with van der Waals surface area (Å²) in [6.45, 7) is 0. The standard InChI is InChI=1S/C10H18ClNO2S/c11-9-4-2-1-3-5-10(9)12-15(13,14)8-6-7-8/h8-10,12H,1-7H2. The van der Waals surface area contributed by atoms with Crippen molar-refractivity contribution < 1.29 is 8.42 Å². The van der Waals surface area contributed by atoms with Crippen LogP contribution in [0.4, 0.5) is 0 Å². The van der Waals surface area contributed by atoms with E-state index in [1.807, 2.05) is 0 Å². The molecule has 5 heteroatoms. The first-order valence-electron chi connectivity index (χ1n) is 5.75. The molecule has 0 saturated heterocycles. The van der Waals surface area contributed by atoms with E-state index in [0.29, 0.717) is 0 Å². The van der Waals surface area contributed by atoms with Crippen LogP contribution in [0.2, 0.25) is 0 Å². The Labute approximate surface area is 96.6 Å². The Bertz CT molecular complexity index is 313. The predicted octanol–water partition coefficient (Wildman–Crippen LogP) is 2.01. The molecule has 2 unspecified atom stereocenters. The number of alkyl halides is 1. The van der Waals surface area contributed by atoms with Crippen molar-refractivity contribution in [2.75, 3.05) is 0 Å². The van der Waals surface area contributed by atoms with Gasteiger partial charge < -0.3 is 0 Å². The number of nitrogens with one attached hydrogen (secondary N) is 1. The first-order valence-corrected chi connectivity index (χ1v) is 7.73. The molecule has 0 heterocycles. The van der Waals surface area contributed by atoms with Gasteiger partial charge in [-0.3, -0.25) is 0 Å². The molecular formula is C10H18ClNO2S. The average Bonchev–Trinajstić information content (AvgIpc) is 2.95. The van der Waals surface area contributed by atoms with Gasteiger partial charge >= 0.3 is 0 Å². The van der Waals surface area contributed by atoms with Gasteiger partial charge in [0, 0.05) is 11.4 Å². The van der Waals surface area contributed by atoms with Gasteiger partial charge in [0.25, 0.3) is 0 Å². The second kappa shape index (κ2) is 4.60. The minimum atomic E-state index is -3.07. The third-order valence-electron chi connectivity index (χ3n) is 3.21. The lowest BCUT2D eigenvalue weighted by Crippen LogP contribution is -2.42. The van der Waals surface area contributed by atoms with E-state index in [4.69, 9.17) is 11.6 Å². The summed E-state index contributed by atoms with van der Waals surface area (Å²) in [6, 6.07) is -0.0419. The van der Waals surface area contributed by atoms with Crippen LogP contribution in [0.15, 0.2) is 0 Å². The van der Waals surface area contributed by atoms with Gasteiger partial charge in [0.15, 0.2) is 0 Å². The molecule has 0 aliphatic heterocycles. The van der Waals surface area contributed by atoms with E-state index in [0.717, 1.165) is 38.5 Å². The fourth-order valence-electron chi connectivity index (χ4n) is 2.08. The van der Waals surface area contributed by atoms with Gasteiger partial charge in [-0.15, -0.1) is 11.6 Å². The number of hydrogen-bond donors (Lipinski definition) is 1. The number of halogens is 1. The minimum absolute atomic E-state index is 0.0268. The Hall–Kier alpha value is 0.200. The van der Waals surface area contributed by atoms with Crippen LogP contribution in [0.3, 0.4) is 0 Å². The highest BCUT2D eigenvalue weighted by atomic mass is 35.5. The Morgan fingerprint density at radius 3 is 2.33 bits per heavy atom. The lowest BCUT2D eigenvalue weighted by Gasteiger charge is -2.20. The summed E-state index contributed by atoms with van der Waals surface area (Å²) in [7, 11) is -3.07. The van der Waals surface area contributed by atoms with Gasteiger partial charge in [0.2, 0.25) is 10.0 Å². The molecule has 2 saturated carbocycles. The summed E-state index contributed by atoms with van der Waals surface area (Å²) in [5.74, 6) is 0. The average molecular weight is 252 g/mol. The lowest BCUT2D eigenvalue weighted by molar-refractivity contribution is 0.513. The summed E-state index contributed by atoms with van der Waals surface area (Å²) in [5, 5.41) is -0.161. The first kappa shape index (κ1) is 11.7. The Kier molecular flexibility index (Phi) is 3.58. The zero-order valence-corrected chi connectivity index (χ0v) is 10.4. The highest BCUT2D eigenvalue weighted by molar-refractivity contribution is 7.90. The fraction of sp³-hybridized carbons (Fsp3) is 1.00. The molecule has 2 rings (SSSR count). The van der Waals surface area contributed by atoms with Gasteiger partial charge in [0.05, 0.1) is 5.25 Å². The smallest absolute Gasteiger partial charge is 0.212 e. The van der Waals surface area contributed by atoms with E-state index < -0.39 is 10.0 Å². The summed E-state index contributed by atoms with van der Waals surface area (Å²) in [6.07, 6.45) is 6.82. The van der Waals surface area contributed by atoms with Gasteiger partial charge in [0.1, 0.15) is 0 Å². The maximum absolute atomic E-state index is 11.7. The summed E-state index contributed by atoms with van der Waals surface area (Å²) in [5.41, 5.74) is 0. The molecule has 15 heavy (non-hydrogen) atoms. The van der Waals surface area contributed by atoms with Crippen molar-refractivity contribution in [2.24, 2.45) is 0 Å². The fourth-order valence-corrected chi connectivity index (χ4v) is 4.15. The van der Waals surface area contributed by atoms with E-state index in [9.17, 15) is 8.42 Å². The quantitative estimate of drug-likeness (QED) is 0.616. The monoisotopic (exact) mass is 251 g/mol. The molecule has 2 aliphatic rings. The van der Waals surface area contributed by atoms with Crippen molar-refractivity contribution >= 4 is 21.6 Å². The van der Waals surface area contributed by atoms with Crippen LogP contribution in [0, 0.1) is 0 Å². The topological polar surface area (TPSA) is 46.2 Å². The molecule has 2 aliphatic carbocycles. The highest BCUT2D eigenvalue weighted by Crippen LogP contribution is 2.30. The van der Waals surface area contributed by atoms with E-state index in [-0.39, 0.29) is 16.7 Å². The normalized spacial score (nSPS) is 33.7. The Morgan fingerprint density at radius 2 is 1.67 bits per heavy atom. The molecule has 0 spiro atoms. The van der Waals surface area contributed by atoms with Crippen molar-refractivity contribution in [2.45, 2.75) is 61.6 Å². The summed E-state index contributed by atoms with van der Waals surface area (Å²) in [4.78, 5) is 0. The van der Waals surface area contributed by atoms with Crippen molar-refractivity contribution in [1.82, 2.24) is 4.72 Å². The molecular weight excluding hydrogens is 234 g/mol. The molecule has 88 valence electrons.